The molecule has 1 unspecified atom stereocenters. The first-order chi connectivity index (χ1) is 13.5. The van der Waals surface area contributed by atoms with Gasteiger partial charge in [0.05, 0.1) is 26.4 Å². The Morgan fingerprint density at radius 3 is 2.86 bits per heavy atom. The van der Waals surface area contributed by atoms with Crippen molar-refractivity contribution < 1.29 is 23.0 Å². The summed E-state index contributed by atoms with van der Waals surface area (Å²) in [5.74, 6) is 1.25. The third-order valence-electron chi connectivity index (χ3n) is 4.34. The number of nitrogens with one attached hydrogen (secondary N) is 1. The van der Waals surface area contributed by atoms with Crippen LogP contribution < -0.4 is 10.1 Å². The van der Waals surface area contributed by atoms with Gasteiger partial charge >= 0.3 is 6.61 Å². The fourth-order valence-corrected chi connectivity index (χ4v) is 3.22. The molecule has 1 atom stereocenters. The maximum Gasteiger partial charge on any atom is 0.387 e. The first-order valence-corrected chi connectivity index (χ1v) is 9.74. The topological polar surface area (TPSA) is 55.3 Å². The zero-order valence-electron chi connectivity index (χ0n) is 16.7. The molecule has 0 aliphatic carbocycles. The maximum absolute atomic E-state index is 12.6. The van der Waals surface area contributed by atoms with Crippen LogP contribution in [0, 0.1) is 5.92 Å². The summed E-state index contributed by atoms with van der Waals surface area (Å²) in [6.07, 6.45) is 1.01. The molecule has 1 saturated heterocycles. The average molecular weight is 548 g/mol. The van der Waals surface area contributed by atoms with Gasteiger partial charge in [-0.05, 0) is 31.5 Å². The van der Waals surface area contributed by atoms with E-state index in [-0.39, 0.29) is 36.3 Å². The standard InChI is InChI=1S/C19H28ClF2N3O3.HI/c1-3-23-19(25-7-6-14(12-25)13-27-9-8-26-2)24-11-15-10-16(20)4-5-17(15)28-18(21)22;/h4-5,10,14,18H,3,6-9,11-13H2,1-2H3,(H,23,24);1H. The van der Waals surface area contributed by atoms with E-state index in [0.717, 1.165) is 25.5 Å². The Bertz CT molecular complexity index is 641. The van der Waals surface area contributed by atoms with Crippen LogP contribution in [-0.2, 0) is 16.0 Å². The fraction of sp³-hybridized carbons (Fsp3) is 0.632. The van der Waals surface area contributed by atoms with Crippen molar-refractivity contribution in [2.24, 2.45) is 10.9 Å². The lowest BCUT2D eigenvalue weighted by atomic mass is 10.1. The largest absolute Gasteiger partial charge is 0.434 e. The van der Waals surface area contributed by atoms with Gasteiger partial charge in [-0.25, -0.2) is 4.99 Å². The molecule has 1 N–H and O–H groups in total. The minimum atomic E-state index is -2.89. The normalized spacial score (nSPS) is 16.8. The third kappa shape index (κ3) is 9.18. The van der Waals surface area contributed by atoms with E-state index in [2.05, 4.69) is 19.9 Å². The van der Waals surface area contributed by atoms with Crippen molar-refractivity contribution >= 4 is 41.5 Å². The van der Waals surface area contributed by atoms with E-state index in [0.29, 0.717) is 42.9 Å². The van der Waals surface area contributed by atoms with Crippen LogP contribution in [0.2, 0.25) is 5.02 Å². The molecule has 1 heterocycles. The van der Waals surface area contributed by atoms with Gasteiger partial charge < -0.3 is 24.4 Å². The quantitative estimate of drug-likeness (QED) is 0.208. The number of rotatable bonds is 10. The van der Waals surface area contributed by atoms with Gasteiger partial charge in [0.2, 0.25) is 0 Å². The molecule has 1 fully saturated rings. The highest BCUT2D eigenvalue weighted by molar-refractivity contribution is 14.0. The molecule has 0 radical (unpaired) electrons. The molecule has 1 aromatic carbocycles. The second-order valence-corrected chi connectivity index (χ2v) is 6.91. The number of hydrogen-bond acceptors (Lipinski definition) is 4. The Kier molecular flexibility index (Phi) is 12.8. The maximum atomic E-state index is 12.6. The van der Waals surface area contributed by atoms with Crippen LogP contribution in [0.5, 0.6) is 5.75 Å². The number of halogens is 4. The third-order valence-corrected chi connectivity index (χ3v) is 4.58. The minimum Gasteiger partial charge on any atom is -0.434 e. The van der Waals surface area contributed by atoms with Crippen LogP contribution in [-0.4, -0.2) is 64.0 Å². The second kappa shape index (κ2) is 14.2. The van der Waals surface area contributed by atoms with Crippen molar-refractivity contribution in [2.45, 2.75) is 26.5 Å². The Labute approximate surface area is 192 Å². The van der Waals surface area contributed by atoms with Gasteiger partial charge in [-0.1, -0.05) is 11.6 Å². The predicted molar refractivity (Wildman–Crippen MR) is 121 cm³/mol. The van der Waals surface area contributed by atoms with E-state index >= 15 is 0 Å². The number of nitrogens with zero attached hydrogens (tertiary/aromatic N) is 2. The molecule has 0 spiro atoms. The van der Waals surface area contributed by atoms with Gasteiger partial charge in [-0.15, -0.1) is 24.0 Å². The zero-order valence-corrected chi connectivity index (χ0v) is 19.8. The number of benzene rings is 1. The first-order valence-electron chi connectivity index (χ1n) is 9.36. The molecule has 29 heavy (non-hydrogen) atoms. The number of hydrogen-bond donors (Lipinski definition) is 1. The molecular weight excluding hydrogens is 519 g/mol. The SMILES string of the molecule is CCNC(=NCc1cc(Cl)ccc1OC(F)F)N1CCC(COCCOC)C1.I. The summed E-state index contributed by atoms with van der Waals surface area (Å²) >= 11 is 6.01. The van der Waals surface area contributed by atoms with Crippen molar-refractivity contribution in [3.05, 3.63) is 28.8 Å². The number of aliphatic imine (C=N–C) groups is 1. The van der Waals surface area contributed by atoms with Crippen molar-refractivity contribution in [1.82, 2.24) is 10.2 Å². The van der Waals surface area contributed by atoms with Crippen LogP contribution >= 0.6 is 35.6 Å². The molecule has 0 bridgehead atoms. The molecule has 0 saturated carbocycles. The van der Waals surface area contributed by atoms with E-state index in [1.165, 1.54) is 12.1 Å². The molecule has 166 valence electrons. The van der Waals surface area contributed by atoms with Gasteiger partial charge in [-0.3, -0.25) is 0 Å². The summed E-state index contributed by atoms with van der Waals surface area (Å²) in [6, 6.07) is 4.56. The molecule has 0 aromatic heterocycles. The summed E-state index contributed by atoms with van der Waals surface area (Å²) in [6.45, 7) is 3.54. The lowest BCUT2D eigenvalue weighted by molar-refractivity contribution is -0.0504. The van der Waals surface area contributed by atoms with E-state index < -0.39 is 6.61 Å². The number of ether oxygens (including phenoxy) is 3. The van der Waals surface area contributed by atoms with Gasteiger partial charge in [-0.2, -0.15) is 8.78 Å². The molecule has 2 rings (SSSR count). The van der Waals surface area contributed by atoms with E-state index in [1.54, 1.807) is 13.2 Å². The summed E-state index contributed by atoms with van der Waals surface area (Å²) in [5.41, 5.74) is 0.516. The van der Waals surface area contributed by atoms with Crippen LogP contribution in [0.15, 0.2) is 23.2 Å². The highest BCUT2D eigenvalue weighted by Crippen LogP contribution is 2.25. The van der Waals surface area contributed by atoms with Gasteiger partial charge in [0, 0.05) is 43.2 Å². The summed E-state index contributed by atoms with van der Waals surface area (Å²) in [4.78, 5) is 6.76. The molecule has 6 nitrogen and oxygen atoms in total. The Hall–Kier alpha value is -0.910. The highest BCUT2D eigenvalue weighted by atomic mass is 127. The average Bonchev–Trinajstić information content (AvgIpc) is 3.12. The summed E-state index contributed by atoms with van der Waals surface area (Å²) < 4.78 is 40.4. The van der Waals surface area contributed by atoms with Crippen molar-refractivity contribution in [3.8, 4) is 5.75 Å². The molecule has 0 amide bonds. The lowest BCUT2D eigenvalue weighted by Crippen LogP contribution is -2.40. The van der Waals surface area contributed by atoms with Crippen molar-refractivity contribution in [2.75, 3.05) is 46.6 Å². The number of alkyl halides is 2. The summed E-state index contributed by atoms with van der Waals surface area (Å²) in [7, 11) is 1.65. The zero-order chi connectivity index (χ0) is 20.4. The highest BCUT2D eigenvalue weighted by Gasteiger charge is 2.25. The Morgan fingerprint density at radius 1 is 1.38 bits per heavy atom. The van der Waals surface area contributed by atoms with Crippen molar-refractivity contribution in [1.29, 1.82) is 0 Å². The van der Waals surface area contributed by atoms with E-state index in [4.69, 9.17) is 21.1 Å². The second-order valence-electron chi connectivity index (χ2n) is 6.47. The van der Waals surface area contributed by atoms with Crippen LogP contribution in [0.25, 0.3) is 0 Å². The molecule has 1 aliphatic rings. The molecule has 10 heteroatoms. The number of guanidine groups is 1. The smallest absolute Gasteiger partial charge is 0.387 e. The molecular formula is C19H29ClF2IN3O3. The fourth-order valence-electron chi connectivity index (χ4n) is 3.02. The number of likely N-dealkylation sites (tertiary alicyclic amines) is 1. The van der Waals surface area contributed by atoms with E-state index in [1.807, 2.05) is 6.92 Å². The van der Waals surface area contributed by atoms with Gasteiger partial charge in [0.25, 0.3) is 0 Å². The first kappa shape index (κ1) is 26.1. The Balaban J connectivity index is 0.00000420. The number of methoxy groups -OCH3 is 1. The predicted octanol–water partition coefficient (Wildman–Crippen LogP) is 4.01. The van der Waals surface area contributed by atoms with Crippen LogP contribution in [0.3, 0.4) is 0 Å². The lowest BCUT2D eigenvalue weighted by Gasteiger charge is -2.22. The molecule has 1 aliphatic heterocycles. The van der Waals surface area contributed by atoms with Crippen LogP contribution in [0.1, 0.15) is 18.9 Å². The Morgan fingerprint density at radius 2 is 2.17 bits per heavy atom. The van der Waals surface area contributed by atoms with Crippen molar-refractivity contribution in [3.63, 3.8) is 0 Å². The van der Waals surface area contributed by atoms with Crippen LogP contribution in [0.4, 0.5) is 8.78 Å². The van der Waals surface area contributed by atoms with Gasteiger partial charge in [0.15, 0.2) is 5.96 Å². The van der Waals surface area contributed by atoms with E-state index in [9.17, 15) is 8.78 Å². The minimum absolute atomic E-state index is 0. The summed E-state index contributed by atoms with van der Waals surface area (Å²) in [5, 5.41) is 3.71. The monoisotopic (exact) mass is 547 g/mol. The molecule has 1 aromatic rings. The van der Waals surface area contributed by atoms with Gasteiger partial charge in [0.1, 0.15) is 5.75 Å².